The first kappa shape index (κ1) is 21.2. The lowest BCUT2D eigenvalue weighted by molar-refractivity contribution is -0.126. The molecule has 0 radical (unpaired) electrons. The van der Waals surface area contributed by atoms with Crippen molar-refractivity contribution >= 4 is 23.2 Å². The summed E-state index contributed by atoms with van der Waals surface area (Å²) in [6, 6.07) is 17.6. The molecule has 1 aliphatic heterocycles. The molecule has 0 saturated carbocycles. The number of benzene rings is 1. The van der Waals surface area contributed by atoms with Gasteiger partial charge in [-0.05, 0) is 48.6 Å². The molecule has 4 aromatic rings. The van der Waals surface area contributed by atoms with Crippen molar-refractivity contribution in [3.63, 3.8) is 0 Å². The number of piperidine rings is 1. The Hall–Kier alpha value is -3.65. The van der Waals surface area contributed by atoms with E-state index in [4.69, 9.17) is 0 Å². The van der Waals surface area contributed by atoms with Gasteiger partial charge >= 0.3 is 0 Å². The van der Waals surface area contributed by atoms with Crippen molar-refractivity contribution in [2.75, 3.05) is 13.1 Å². The topological polar surface area (TPSA) is 72.2 Å². The zero-order valence-electron chi connectivity index (χ0n) is 18.1. The lowest BCUT2D eigenvalue weighted by Gasteiger charge is -2.32. The van der Waals surface area contributed by atoms with Gasteiger partial charge in [0.25, 0.3) is 5.91 Å². The first-order chi connectivity index (χ1) is 16.2. The molecule has 7 nitrogen and oxygen atoms in total. The second kappa shape index (κ2) is 9.46. The number of carbonyl (C=O) groups is 2. The molecule has 4 heterocycles. The predicted octanol–water partition coefficient (Wildman–Crippen LogP) is 3.89. The average Bonchev–Trinajstić information content (AvgIpc) is 3.64. The van der Waals surface area contributed by atoms with Crippen molar-refractivity contribution in [3.8, 4) is 11.5 Å². The molecular weight excluding hydrogens is 434 g/mol. The molecule has 1 atom stereocenters. The number of hydrogen-bond acceptors (Lipinski definition) is 4. The summed E-state index contributed by atoms with van der Waals surface area (Å²) in [6.07, 6.45) is 7.03. The van der Waals surface area contributed by atoms with Gasteiger partial charge in [-0.25, -0.2) is 4.68 Å². The van der Waals surface area contributed by atoms with E-state index in [9.17, 15) is 9.59 Å². The van der Waals surface area contributed by atoms with Gasteiger partial charge in [0, 0.05) is 30.4 Å². The Kier molecular flexibility index (Phi) is 6.08. The monoisotopic (exact) mass is 459 g/mol. The van der Waals surface area contributed by atoms with Gasteiger partial charge in [-0.1, -0.05) is 24.3 Å². The van der Waals surface area contributed by atoms with Crippen LogP contribution in [-0.2, 0) is 11.3 Å². The number of aromatic nitrogens is 3. The second-order valence-corrected chi connectivity index (χ2v) is 9.14. The summed E-state index contributed by atoms with van der Waals surface area (Å²) >= 11 is 1.62. The summed E-state index contributed by atoms with van der Waals surface area (Å²) in [7, 11) is 0. The summed E-state index contributed by atoms with van der Waals surface area (Å²) in [6.45, 7) is 1.58. The number of nitrogens with one attached hydrogen (secondary N) is 1. The Morgan fingerprint density at radius 1 is 1.06 bits per heavy atom. The number of rotatable bonds is 6. The zero-order valence-corrected chi connectivity index (χ0v) is 18.9. The molecule has 168 valence electrons. The largest absolute Gasteiger partial charge is 0.351 e. The molecule has 1 aliphatic rings. The number of thiophene rings is 1. The number of likely N-dealkylation sites (tertiary alicyclic amines) is 1. The van der Waals surface area contributed by atoms with Crippen molar-refractivity contribution < 1.29 is 9.59 Å². The molecule has 2 amide bonds. The van der Waals surface area contributed by atoms with Crippen LogP contribution in [-0.4, -0.2) is 44.2 Å². The lowest BCUT2D eigenvalue weighted by atomic mass is 9.96. The highest BCUT2D eigenvalue weighted by Gasteiger charge is 2.31. The number of nitrogens with zero attached hydrogens (tertiary/aromatic N) is 4. The summed E-state index contributed by atoms with van der Waals surface area (Å²) < 4.78 is 3.69. The molecule has 1 N–H and O–H groups in total. The molecule has 1 unspecified atom stereocenters. The number of amides is 2. The van der Waals surface area contributed by atoms with Crippen molar-refractivity contribution in [1.82, 2.24) is 24.6 Å². The quantitative estimate of drug-likeness (QED) is 0.475. The Balaban J connectivity index is 1.37. The van der Waals surface area contributed by atoms with Crippen LogP contribution in [0.2, 0.25) is 0 Å². The van der Waals surface area contributed by atoms with E-state index in [1.54, 1.807) is 27.1 Å². The number of hydrogen-bond donors (Lipinski definition) is 1. The number of carbonyl (C=O) groups excluding carboxylic acids is 2. The molecule has 0 spiro atoms. The van der Waals surface area contributed by atoms with Crippen molar-refractivity contribution in [2.24, 2.45) is 5.92 Å². The van der Waals surface area contributed by atoms with Crippen LogP contribution in [0.3, 0.4) is 0 Å². The molecule has 0 aliphatic carbocycles. The van der Waals surface area contributed by atoms with Crippen LogP contribution in [0.4, 0.5) is 0 Å². The maximum absolute atomic E-state index is 13.6. The molecule has 0 bridgehead atoms. The minimum atomic E-state index is -0.207. The molecule has 5 rings (SSSR count). The summed E-state index contributed by atoms with van der Waals surface area (Å²) in [5.41, 5.74) is 1.40. The fourth-order valence-corrected chi connectivity index (χ4v) is 4.90. The van der Waals surface area contributed by atoms with E-state index in [0.717, 1.165) is 23.4 Å². The maximum atomic E-state index is 13.6. The van der Waals surface area contributed by atoms with E-state index >= 15 is 0 Å². The van der Waals surface area contributed by atoms with E-state index in [2.05, 4.69) is 10.4 Å². The molecule has 1 fully saturated rings. The Labute approximate surface area is 196 Å². The highest BCUT2D eigenvalue weighted by molar-refractivity contribution is 7.09. The van der Waals surface area contributed by atoms with Gasteiger partial charge in [0.1, 0.15) is 5.56 Å². The predicted molar refractivity (Wildman–Crippen MR) is 128 cm³/mol. The van der Waals surface area contributed by atoms with Crippen LogP contribution in [0, 0.1) is 5.92 Å². The second-order valence-electron chi connectivity index (χ2n) is 8.11. The Morgan fingerprint density at radius 3 is 2.64 bits per heavy atom. The van der Waals surface area contributed by atoms with Gasteiger partial charge in [0.15, 0.2) is 5.82 Å². The van der Waals surface area contributed by atoms with E-state index in [-0.39, 0.29) is 17.7 Å². The molecular formula is C25H25N5O2S. The summed E-state index contributed by atoms with van der Waals surface area (Å²) in [5.74, 6) is 0.394. The van der Waals surface area contributed by atoms with Crippen LogP contribution >= 0.6 is 11.3 Å². The third kappa shape index (κ3) is 4.47. The molecule has 8 heteroatoms. The average molecular weight is 460 g/mol. The maximum Gasteiger partial charge on any atom is 0.259 e. The van der Waals surface area contributed by atoms with Crippen LogP contribution in [0.15, 0.2) is 78.6 Å². The van der Waals surface area contributed by atoms with Gasteiger partial charge < -0.3 is 14.8 Å². The normalized spacial score (nSPS) is 16.0. The number of para-hydroxylation sites is 1. The van der Waals surface area contributed by atoms with Crippen molar-refractivity contribution in [2.45, 2.75) is 19.4 Å². The van der Waals surface area contributed by atoms with Gasteiger partial charge in [0.2, 0.25) is 5.91 Å². The highest BCUT2D eigenvalue weighted by Crippen LogP contribution is 2.24. The van der Waals surface area contributed by atoms with Crippen LogP contribution in [0.1, 0.15) is 28.1 Å². The fourth-order valence-electron chi connectivity index (χ4n) is 4.25. The Morgan fingerprint density at radius 2 is 1.88 bits per heavy atom. The molecule has 1 aromatic carbocycles. The smallest absolute Gasteiger partial charge is 0.259 e. The van der Waals surface area contributed by atoms with Gasteiger partial charge in [-0.15, -0.1) is 11.3 Å². The van der Waals surface area contributed by atoms with Crippen molar-refractivity contribution in [3.05, 3.63) is 89.0 Å². The van der Waals surface area contributed by atoms with Crippen molar-refractivity contribution in [1.29, 1.82) is 0 Å². The molecule has 33 heavy (non-hydrogen) atoms. The summed E-state index contributed by atoms with van der Waals surface area (Å²) in [4.78, 5) is 29.3. The molecule has 1 saturated heterocycles. The first-order valence-corrected chi connectivity index (χ1v) is 11.9. The minimum absolute atomic E-state index is 0.00603. The van der Waals surface area contributed by atoms with Crippen LogP contribution < -0.4 is 5.32 Å². The minimum Gasteiger partial charge on any atom is -0.351 e. The highest BCUT2D eigenvalue weighted by atomic mass is 32.1. The van der Waals surface area contributed by atoms with Gasteiger partial charge in [-0.3, -0.25) is 9.59 Å². The zero-order chi connectivity index (χ0) is 22.6. The SMILES string of the molecule is O=C(NCc1cccs1)C1CCCN(C(=O)c2cnn(-c3ccccc3)c2-n2cccc2)C1. The van der Waals surface area contributed by atoms with E-state index in [0.29, 0.717) is 31.0 Å². The van der Waals surface area contributed by atoms with E-state index in [1.807, 2.05) is 76.9 Å². The van der Waals surface area contributed by atoms with Gasteiger partial charge in [-0.2, -0.15) is 5.10 Å². The Bertz CT molecular complexity index is 1220. The van der Waals surface area contributed by atoms with E-state index < -0.39 is 0 Å². The first-order valence-electron chi connectivity index (χ1n) is 11.1. The standard InChI is InChI=1S/C25H25N5O2S/c31-23(26-16-21-11-7-15-33-21)19-8-6-14-29(18-19)25(32)22-17-27-30(20-9-2-1-3-10-20)24(22)28-12-4-5-13-28/h1-5,7,9-13,15,17,19H,6,8,14,16,18H2,(H,26,31). The third-order valence-electron chi connectivity index (χ3n) is 5.92. The van der Waals surface area contributed by atoms with Gasteiger partial charge in [0.05, 0.1) is 24.3 Å². The lowest BCUT2D eigenvalue weighted by Crippen LogP contribution is -2.45. The van der Waals surface area contributed by atoms with Crippen LogP contribution in [0.25, 0.3) is 11.5 Å². The van der Waals surface area contributed by atoms with Crippen LogP contribution in [0.5, 0.6) is 0 Å². The fraction of sp³-hybridized carbons (Fsp3) is 0.240. The summed E-state index contributed by atoms with van der Waals surface area (Å²) in [5, 5.41) is 9.57. The molecule has 3 aromatic heterocycles. The van der Waals surface area contributed by atoms with E-state index in [1.165, 1.54) is 0 Å². The third-order valence-corrected chi connectivity index (χ3v) is 6.80.